The Morgan fingerprint density at radius 2 is 0.847 bits per heavy atom. The van der Waals surface area contributed by atoms with E-state index in [9.17, 15) is 35.1 Å². The van der Waals surface area contributed by atoms with Crippen LogP contribution in [0.5, 0.6) is 0 Å². The molecule has 484 valence electrons. The van der Waals surface area contributed by atoms with Crippen molar-refractivity contribution in [3.63, 3.8) is 0 Å². The highest BCUT2D eigenvalue weighted by Crippen LogP contribution is 2.26. The second-order valence-electron chi connectivity index (χ2n) is 22.8. The third kappa shape index (κ3) is 47.5. The number of esters is 1. The van der Waals surface area contributed by atoms with E-state index < -0.39 is 67.4 Å². The van der Waals surface area contributed by atoms with Gasteiger partial charge in [0, 0.05) is 6.42 Å². The maximum absolute atomic E-state index is 13.5. The maximum Gasteiger partial charge on any atom is 0.306 e. The standard InChI is InChI=1S/C74H123NO10/c1-4-7-10-13-16-19-22-24-26-28-30-32-34-36-38-40-42-44-47-50-53-56-59-62-69(79)85-72-71(81)70(80)68(63-76)84-74(72)83-64-65(66(77)60-57-54-51-48-45-21-18-15-12-9-6-3)75-73(82)67(78)61-58-55-52-49-46-43-41-39-37-35-33-31-29-27-25-23-20-17-14-11-8-5-2/h7-8,10-11,16-17,19-20,24-27,30-33,36-39,57,60,65-68,70-72,74,76-78,80-81H,4-6,9,12-15,18,21-23,28-29,34-35,40-56,58-59,61-64H2,1-3H3,(H,75,82)/b10-7-,11-8-,19-16-,20-17-,26-24-,27-25-,32-30-,33-31-,38-36-,39-37-,60-57+. The predicted octanol–water partition coefficient (Wildman–Crippen LogP) is 17.2. The third-order valence-electron chi connectivity index (χ3n) is 15.0. The summed E-state index contributed by atoms with van der Waals surface area (Å²) in [5.74, 6) is -1.23. The number of unbranched alkanes of at least 4 members (excludes halogenated alkanes) is 22. The zero-order valence-corrected chi connectivity index (χ0v) is 53.7. The molecule has 11 heteroatoms. The Bertz CT molecular complexity index is 1890. The number of amides is 1. The van der Waals surface area contributed by atoms with E-state index in [1.165, 1.54) is 38.5 Å². The van der Waals surface area contributed by atoms with Crippen LogP contribution in [0.2, 0.25) is 0 Å². The fourth-order valence-corrected chi connectivity index (χ4v) is 9.76. The average Bonchev–Trinajstić information content (AvgIpc) is 2.90. The monoisotopic (exact) mass is 1190 g/mol. The minimum absolute atomic E-state index is 0.102. The Morgan fingerprint density at radius 3 is 1.27 bits per heavy atom. The van der Waals surface area contributed by atoms with Crippen molar-refractivity contribution in [1.82, 2.24) is 5.32 Å². The largest absolute Gasteiger partial charge is 0.454 e. The number of hydrogen-bond acceptors (Lipinski definition) is 10. The van der Waals surface area contributed by atoms with Crippen LogP contribution in [0.1, 0.15) is 258 Å². The molecule has 0 aromatic heterocycles. The second kappa shape index (κ2) is 60.1. The molecule has 0 aromatic rings. The molecular formula is C74H123NO10. The summed E-state index contributed by atoms with van der Waals surface area (Å²) in [6.45, 7) is 5.54. The number of allylic oxidation sites excluding steroid dienone is 21. The van der Waals surface area contributed by atoms with Gasteiger partial charge in [0.2, 0.25) is 5.91 Å². The fraction of sp³-hybridized carbons (Fsp3) is 0.676. The van der Waals surface area contributed by atoms with Crippen LogP contribution >= 0.6 is 0 Å². The van der Waals surface area contributed by atoms with Crippen LogP contribution in [0.25, 0.3) is 0 Å². The van der Waals surface area contributed by atoms with E-state index in [0.29, 0.717) is 12.8 Å². The predicted molar refractivity (Wildman–Crippen MR) is 356 cm³/mol. The number of nitrogens with one attached hydrogen (secondary N) is 1. The van der Waals surface area contributed by atoms with Crippen molar-refractivity contribution in [3.05, 3.63) is 134 Å². The first kappa shape index (κ1) is 78.8. The highest BCUT2D eigenvalue weighted by molar-refractivity contribution is 5.80. The molecule has 1 amide bonds. The molecule has 0 radical (unpaired) electrons. The summed E-state index contributed by atoms with van der Waals surface area (Å²) in [7, 11) is 0. The molecule has 0 bridgehead atoms. The average molecular weight is 1190 g/mol. The van der Waals surface area contributed by atoms with Crippen molar-refractivity contribution in [2.45, 2.75) is 307 Å². The van der Waals surface area contributed by atoms with Gasteiger partial charge in [-0.25, -0.2) is 0 Å². The quantitative estimate of drug-likeness (QED) is 0.0195. The number of carbonyl (C=O) groups is 2. The van der Waals surface area contributed by atoms with E-state index in [-0.39, 0.29) is 19.4 Å². The summed E-state index contributed by atoms with van der Waals surface area (Å²) in [5.41, 5.74) is 0. The summed E-state index contributed by atoms with van der Waals surface area (Å²) >= 11 is 0. The van der Waals surface area contributed by atoms with Gasteiger partial charge in [-0.1, -0.05) is 270 Å². The number of carbonyl (C=O) groups excluding carboxylic acids is 2. The molecule has 0 saturated carbocycles. The Kier molecular flexibility index (Phi) is 55.7. The molecule has 0 aliphatic carbocycles. The van der Waals surface area contributed by atoms with Crippen molar-refractivity contribution >= 4 is 11.9 Å². The summed E-state index contributed by atoms with van der Waals surface area (Å²) in [6.07, 6.45) is 74.8. The zero-order chi connectivity index (χ0) is 61.7. The van der Waals surface area contributed by atoms with E-state index in [2.05, 4.69) is 148 Å². The van der Waals surface area contributed by atoms with Crippen LogP contribution in [0.4, 0.5) is 0 Å². The Hall–Kier alpha value is -4.20. The Morgan fingerprint density at radius 1 is 0.471 bits per heavy atom. The first-order chi connectivity index (χ1) is 41.7. The van der Waals surface area contributed by atoms with Crippen LogP contribution in [0.3, 0.4) is 0 Å². The van der Waals surface area contributed by atoms with Crippen LogP contribution in [0.15, 0.2) is 134 Å². The molecule has 1 rings (SSSR count). The molecule has 1 fully saturated rings. The molecule has 0 aromatic carbocycles. The lowest BCUT2D eigenvalue weighted by molar-refractivity contribution is -0.305. The van der Waals surface area contributed by atoms with Crippen molar-refractivity contribution in [3.8, 4) is 0 Å². The summed E-state index contributed by atoms with van der Waals surface area (Å²) < 4.78 is 17.6. The molecule has 1 heterocycles. The minimum Gasteiger partial charge on any atom is -0.454 e. The molecule has 1 aliphatic heterocycles. The maximum atomic E-state index is 13.5. The molecule has 8 atom stereocenters. The van der Waals surface area contributed by atoms with E-state index in [0.717, 1.165) is 173 Å². The first-order valence-electron chi connectivity index (χ1n) is 34.0. The summed E-state index contributed by atoms with van der Waals surface area (Å²) in [5, 5.41) is 57.1. The molecule has 1 aliphatic rings. The molecule has 85 heavy (non-hydrogen) atoms. The molecular weight excluding hydrogens is 1060 g/mol. The Labute approximate surface area is 518 Å². The van der Waals surface area contributed by atoms with Gasteiger partial charge < -0.3 is 45.1 Å². The van der Waals surface area contributed by atoms with E-state index in [1.807, 2.05) is 6.08 Å². The third-order valence-corrected chi connectivity index (χ3v) is 15.0. The van der Waals surface area contributed by atoms with Crippen molar-refractivity contribution in [1.29, 1.82) is 0 Å². The second-order valence-corrected chi connectivity index (χ2v) is 22.8. The first-order valence-corrected chi connectivity index (χ1v) is 34.0. The van der Waals surface area contributed by atoms with Gasteiger partial charge >= 0.3 is 5.97 Å². The van der Waals surface area contributed by atoms with Gasteiger partial charge in [0.1, 0.15) is 24.4 Å². The molecule has 6 N–H and O–H groups in total. The van der Waals surface area contributed by atoms with Crippen LogP contribution in [-0.2, 0) is 23.8 Å². The van der Waals surface area contributed by atoms with Gasteiger partial charge in [0.25, 0.3) is 0 Å². The van der Waals surface area contributed by atoms with Crippen molar-refractivity contribution < 1.29 is 49.3 Å². The highest BCUT2D eigenvalue weighted by atomic mass is 16.7. The SMILES string of the molecule is CC/C=C\C/C=C\C/C=C\C/C=C\C/C=C\CCCCCCCCCC(=O)OC1C(OCC(NC(=O)C(O)CCCCCCCC/C=C\C/C=C\C/C=C\C/C=C\C/C=C\CC)C(O)/C=C/CCCCCCCCCCC)OC(CO)C(O)C1O. The molecule has 11 nitrogen and oxygen atoms in total. The molecule has 0 spiro atoms. The van der Waals surface area contributed by atoms with Gasteiger partial charge in [0.05, 0.1) is 25.4 Å². The van der Waals surface area contributed by atoms with Crippen molar-refractivity contribution in [2.24, 2.45) is 0 Å². The van der Waals surface area contributed by atoms with E-state index >= 15 is 0 Å². The van der Waals surface area contributed by atoms with Gasteiger partial charge in [-0.15, -0.1) is 0 Å². The van der Waals surface area contributed by atoms with Gasteiger partial charge in [-0.2, -0.15) is 0 Å². The van der Waals surface area contributed by atoms with E-state index in [4.69, 9.17) is 14.2 Å². The van der Waals surface area contributed by atoms with Crippen LogP contribution in [-0.4, -0.2) is 99.6 Å². The normalized spacial score (nSPS) is 19.3. The topological polar surface area (TPSA) is 175 Å². The number of hydrogen-bond donors (Lipinski definition) is 6. The number of aliphatic hydroxyl groups is 5. The van der Waals surface area contributed by atoms with Crippen LogP contribution in [0, 0.1) is 0 Å². The smallest absolute Gasteiger partial charge is 0.306 e. The molecule has 1 saturated heterocycles. The number of rotatable bonds is 56. The summed E-state index contributed by atoms with van der Waals surface area (Å²) in [6, 6.07) is -1.04. The number of ether oxygens (including phenoxy) is 3. The highest BCUT2D eigenvalue weighted by Gasteiger charge is 2.47. The minimum atomic E-state index is -1.63. The van der Waals surface area contributed by atoms with Gasteiger partial charge in [0.15, 0.2) is 12.4 Å². The van der Waals surface area contributed by atoms with Crippen molar-refractivity contribution in [2.75, 3.05) is 13.2 Å². The summed E-state index contributed by atoms with van der Waals surface area (Å²) in [4.78, 5) is 26.6. The lowest BCUT2D eigenvalue weighted by Crippen LogP contribution is -2.61. The van der Waals surface area contributed by atoms with E-state index in [1.54, 1.807) is 6.08 Å². The zero-order valence-electron chi connectivity index (χ0n) is 53.7. The van der Waals surface area contributed by atoms with Gasteiger partial charge in [-0.3, -0.25) is 9.59 Å². The van der Waals surface area contributed by atoms with Gasteiger partial charge in [-0.05, 0) is 116 Å². The lowest BCUT2D eigenvalue weighted by atomic mass is 9.99. The fourth-order valence-electron chi connectivity index (χ4n) is 9.76. The lowest BCUT2D eigenvalue weighted by Gasteiger charge is -2.41. The van der Waals surface area contributed by atoms with Crippen LogP contribution < -0.4 is 5.32 Å². The number of aliphatic hydroxyl groups excluding tert-OH is 5. The molecule has 8 unspecified atom stereocenters. The Balaban J connectivity index is 2.62.